The summed E-state index contributed by atoms with van der Waals surface area (Å²) in [5.41, 5.74) is 1.89. The summed E-state index contributed by atoms with van der Waals surface area (Å²) in [4.78, 5) is 4.25. The van der Waals surface area contributed by atoms with E-state index in [1.807, 2.05) is 30.3 Å². The van der Waals surface area contributed by atoms with Crippen molar-refractivity contribution in [2.75, 3.05) is 0 Å². The van der Waals surface area contributed by atoms with Crippen molar-refractivity contribution in [1.82, 2.24) is 4.98 Å². The van der Waals surface area contributed by atoms with Crippen molar-refractivity contribution in [3.63, 3.8) is 0 Å². The number of hydrogen-bond donors (Lipinski definition) is 0. The minimum Gasteiger partial charge on any atom is -0.485 e. The Balaban J connectivity index is 2.12. The summed E-state index contributed by atoms with van der Waals surface area (Å²) in [6, 6.07) is 9.55. The molecule has 0 aliphatic heterocycles. The Kier molecular flexibility index (Phi) is 5.03. The van der Waals surface area contributed by atoms with Crippen molar-refractivity contribution in [2.45, 2.75) is 11.9 Å². The van der Waals surface area contributed by atoms with Crippen LogP contribution in [-0.4, -0.2) is 4.98 Å². The van der Waals surface area contributed by atoms with Crippen molar-refractivity contribution in [3.05, 3.63) is 57.3 Å². The van der Waals surface area contributed by atoms with Gasteiger partial charge in [-0.3, -0.25) is 4.98 Å². The number of pyridine rings is 1. The van der Waals surface area contributed by atoms with Crippen LogP contribution in [-0.2, 0) is 11.9 Å². The van der Waals surface area contributed by atoms with Gasteiger partial charge in [0.25, 0.3) is 0 Å². The second-order valence-electron chi connectivity index (χ2n) is 3.62. The second-order valence-corrected chi connectivity index (χ2v) is 5.50. The third-order valence-corrected chi connectivity index (χ3v) is 3.72. The molecule has 0 spiro atoms. The van der Waals surface area contributed by atoms with Crippen LogP contribution in [0.3, 0.4) is 0 Å². The molecule has 0 saturated carbocycles. The minimum atomic E-state index is 0.400. The molecule has 0 N–H and O–H groups in total. The van der Waals surface area contributed by atoms with E-state index >= 15 is 0 Å². The van der Waals surface area contributed by atoms with Crippen molar-refractivity contribution in [3.8, 4) is 5.75 Å². The van der Waals surface area contributed by atoms with E-state index in [1.165, 1.54) is 0 Å². The Morgan fingerprint density at radius 2 is 2.06 bits per heavy atom. The van der Waals surface area contributed by atoms with Crippen LogP contribution in [0, 0.1) is 0 Å². The van der Waals surface area contributed by atoms with Crippen LogP contribution in [0.2, 0.25) is 5.02 Å². The van der Waals surface area contributed by atoms with Gasteiger partial charge in [0.15, 0.2) is 0 Å². The zero-order valence-corrected chi connectivity index (χ0v) is 13.3. The van der Waals surface area contributed by atoms with Gasteiger partial charge in [-0.1, -0.05) is 39.7 Å². The predicted octanol–water partition coefficient (Wildman–Crippen LogP) is 4.97. The van der Waals surface area contributed by atoms with E-state index < -0.39 is 0 Å². The first-order valence-corrected chi connectivity index (χ1v) is 7.56. The summed E-state index contributed by atoms with van der Waals surface area (Å²) in [5.74, 6) is 0.709. The highest BCUT2D eigenvalue weighted by Crippen LogP contribution is 2.30. The fraction of sp³-hybridized carbons (Fsp3) is 0.154. The molecular weight excluding hydrogens is 381 g/mol. The number of ether oxygens (including phenoxy) is 1. The molecule has 0 radical (unpaired) electrons. The number of benzene rings is 1. The van der Waals surface area contributed by atoms with E-state index in [1.54, 1.807) is 6.20 Å². The van der Waals surface area contributed by atoms with E-state index in [2.05, 4.69) is 36.8 Å². The van der Waals surface area contributed by atoms with Gasteiger partial charge in [0.1, 0.15) is 12.4 Å². The van der Waals surface area contributed by atoms with Crippen LogP contribution in [0.15, 0.2) is 41.0 Å². The lowest BCUT2D eigenvalue weighted by molar-refractivity contribution is 0.299. The van der Waals surface area contributed by atoms with Gasteiger partial charge in [-0.2, -0.15) is 0 Å². The Labute approximate surface area is 128 Å². The second kappa shape index (κ2) is 6.55. The van der Waals surface area contributed by atoms with E-state index in [0.29, 0.717) is 22.7 Å². The van der Waals surface area contributed by atoms with Crippen LogP contribution in [0.4, 0.5) is 0 Å². The first-order chi connectivity index (χ1) is 8.70. The molecule has 0 aliphatic rings. The average Bonchev–Trinajstić information content (AvgIpc) is 2.39. The van der Waals surface area contributed by atoms with Gasteiger partial charge in [0.05, 0.1) is 10.7 Å². The topological polar surface area (TPSA) is 22.1 Å². The molecular formula is C13H10Br2ClNO. The number of aromatic nitrogens is 1. The molecule has 0 unspecified atom stereocenters. The molecule has 18 heavy (non-hydrogen) atoms. The lowest BCUT2D eigenvalue weighted by Gasteiger charge is -2.11. The van der Waals surface area contributed by atoms with E-state index in [4.69, 9.17) is 16.3 Å². The highest BCUT2D eigenvalue weighted by Gasteiger charge is 2.08. The molecule has 0 saturated heterocycles. The van der Waals surface area contributed by atoms with Gasteiger partial charge in [0.2, 0.25) is 0 Å². The summed E-state index contributed by atoms with van der Waals surface area (Å²) >= 11 is 12.9. The molecule has 1 aromatic heterocycles. The standard InChI is InChI=1S/C13H10Br2ClNO/c14-6-9-2-1-3-12(16)13(9)18-8-11-5-4-10(15)7-17-11/h1-5,7H,6,8H2. The number of halogens is 3. The fourth-order valence-electron chi connectivity index (χ4n) is 1.46. The first-order valence-electron chi connectivity index (χ1n) is 5.27. The van der Waals surface area contributed by atoms with Crippen LogP contribution >= 0.6 is 43.5 Å². The molecule has 5 heteroatoms. The minimum absolute atomic E-state index is 0.400. The molecule has 2 aromatic rings. The summed E-state index contributed by atoms with van der Waals surface area (Å²) in [6.45, 7) is 0.400. The van der Waals surface area contributed by atoms with Crippen molar-refractivity contribution >= 4 is 43.5 Å². The van der Waals surface area contributed by atoms with E-state index in [0.717, 1.165) is 15.7 Å². The highest BCUT2D eigenvalue weighted by molar-refractivity contribution is 9.10. The van der Waals surface area contributed by atoms with Gasteiger partial charge in [0, 0.05) is 21.6 Å². The predicted molar refractivity (Wildman–Crippen MR) is 80.4 cm³/mol. The SMILES string of the molecule is Clc1cccc(CBr)c1OCc1ccc(Br)cn1. The van der Waals surface area contributed by atoms with Gasteiger partial charge in [-0.15, -0.1) is 0 Å². The maximum Gasteiger partial charge on any atom is 0.142 e. The summed E-state index contributed by atoms with van der Waals surface area (Å²) in [6.07, 6.45) is 1.75. The third kappa shape index (κ3) is 3.46. The van der Waals surface area contributed by atoms with Gasteiger partial charge >= 0.3 is 0 Å². The van der Waals surface area contributed by atoms with Gasteiger partial charge < -0.3 is 4.74 Å². The maximum absolute atomic E-state index is 6.13. The van der Waals surface area contributed by atoms with Gasteiger partial charge in [-0.25, -0.2) is 0 Å². The van der Waals surface area contributed by atoms with Crippen LogP contribution in [0.5, 0.6) is 5.75 Å². The van der Waals surface area contributed by atoms with Crippen molar-refractivity contribution in [1.29, 1.82) is 0 Å². The smallest absolute Gasteiger partial charge is 0.142 e. The molecule has 1 aromatic carbocycles. The monoisotopic (exact) mass is 389 g/mol. The molecule has 0 aliphatic carbocycles. The Hall–Kier alpha value is -0.580. The molecule has 94 valence electrons. The normalized spacial score (nSPS) is 10.4. The zero-order chi connectivity index (χ0) is 13.0. The summed E-state index contributed by atoms with van der Waals surface area (Å²) in [7, 11) is 0. The number of hydrogen-bond acceptors (Lipinski definition) is 2. The maximum atomic E-state index is 6.13. The molecule has 1 heterocycles. The fourth-order valence-corrected chi connectivity index (χ4v) is 2.38. The largest absolute Gasteiger partial charge is 0.485 e. The Bertz CT molecular complexity index is 531. The van der Waals surface area contributed by atoms with Crippen LogP contribution in [0.1, 0.15) is 11.3 Å². The third-order valence-electron chi connectivity index (χ3n) is 2.35. The van der Waals surface area contributed by atoms with Crippen molar-refractivity contribution < 1.29 is 4.74 Å². The van der Waals surface area contributed by atoms with Crippen LogP contribution < -0.4 is 4.74 Å². The first kappa shape index (κ1) is 13.8. The summed E-state index contributed by atoms with van der Waals surface area (Å²) in [5, 5.41) is 1.32. The number of alkyl halides is 1. The van der Waals surface area contributed by atoms with E-state index in [9.17, 15) is 0 Å². The zero-order valence-electron chi connectivity index (χ0n) is 9.37. The van der Waals surface area contributed by atoms with Crippen molar-refractivity contribution in [2.24, 2.45) is 0 Å². The highest BCUT2D eigenvalue weighted by atomic mass is 79.9. The molecule has 0 amide bonds. The number of para-hydroxylation sites is 1. The Morgan fingerprint density at radius 3 is 2.72 bits per heavy atom. The lowest BCUT2D eigenvalue weighted by atomic mass is 10.2. The lowest BCUT2D eigenvalue weighted by Crippen LogP contribution is -2.00. The quantitative estimate of drug-likeness (QED) is 0.687. The molecule has 2 rings (SSSR count). The van der Waals surface area contributed by atoms with E-state index in [-0.39, 0.29) is 0 Å². The molecule has 2 nitrogen and oxygen atoms in total. The van der Waals surface area contributed by atoms with Crippen LogP contribution in [0.25, 0.3) is 0 Å². The number of nitrogens with zero attached hydrogens (tertiary/aromatic N) is 1. The Morgan fingerprint density at radius 1 is 1.22 bits per heavy atom. The van der Waals surface area contributed by atoms with Gasteiger partial charge in [-0.05, 0) is 34.1 Å². The molecule has 0 atom stereocenters. The molecule has 0 bridgehead atoms. The average molecular weight is 391 g/mol. The summed E-state index contributed by atoms with van der Waals surface area (Å²) < 4.78 is 6.69. The number of rotatable bonds is 4. The molecule has 0 fully saturated rings.